The lowest BCUT2D eigenvalue weighted by atomic mass is 10.1. The van der Waals surface area contributed by atoms with Gasteiger partial charge in [-0.1, -0.05) is 90.1 Å². The topological polar surface area (TPSA) is 54.4 Å². The van der Waals surface area contributed by atoms with Gasteiger partial charge in [-0.05, 0) is 22.6 Å². The molecule has 0 saturated heterocycles. The van der Waals surface area contributed by atoms with Crippen molar-refractivity contribution in [3.8, 4) is 0 Å². The van der Waals surface area contributed by atoms with E-state index in [9.17, 15) is 8.42 Å². The molecule has 2 aromatic carbocycles. The van der Waals surface area contributed by atoms with Gasteiger partial charge in [-0.2, -0.15) is 8.42 Å². The second-order valence-electron chi connectivity index (χ2n) is 6.54. The van der Waals surface area contributed by atoms with Crippen LogP contribution in [0.15, 0.2) is 48.5 Å². The van der Waals surface area contributed by atoms with Gasteiger partial charge in [0.1, 0.15) is 0 Å². The maximum absolute atomic E-state index is 9.19. The Morgan fingerprint density at radius 2 is 0.826 bits per heavy atom. The van der Waals surface area contributed by atoms with E-state index in [1.165, 1.54) is 10.8 Å². The zero-order valence-electron chi connectivity index (χ0n) is 15.4. The smallest absolute Gasteiger partial charge is 0.261 e. The minimum absolute atomic E-state index is 0.715. The third kappa shape index (κ3) is 25.9. The van der Waals surface area contributed by atoms with Crippen LogP contribution in [-0.4, -0.2) is 19.2 Å². The Labute approximate surface area is 142 Å². The molecule has 0 spiro atoms. The van der Waals surface area contributed by atoms with Crippen LogP contribution in [-0.2, 0) is 10.1 Å². The molecule has 0 bridgehead atoms. The van der Waals surface area contributed by atoms with Crippen molar-refractivity contribution in [1.82, 2.24) is 0 Å². The van der Waals surface area contributed by atoms with Crippen LogP contribution in [0.2, 0.25) is 0 Å². The van der Waals surface area contributed by atoms with Crippen molar-refractivity contribution in [1.29, 1.82) is 0 Å². The van der Waals surface area contributed by atoms with E-state index in [0.717, 1.165) is 11.8 Å². The molecule has 0 heterocycles. The molecule has 2 aromatic rings. The first-order chi connectivity index (χ1) is 10.4. The SMILES string of the molecule is CC(C)C.CC(C)C.CS(=O)(=O)O.c1ccc2ccccc2c1. The van der Waals surface area contributed by atoms with E-state index in [-0.39, 0.29) is 0 Å². The standard InChI is InChI=1S/C10H8.2C4H10.CH4O3S/c1-2-6-10-8-4-3-7-9(10)5-1;2*1-4(2)3;1-5(2,3)4/h1-8H;2*4H,1-3H3;1H3,(H,2,3,4). The summed E-state index contributed by atoms with van der Waals surface area (Å²) in [6, 6.07) is 16.7. The molecule has 0 saturated carbocycles. The first-order valence-corrected chi connectivity index (χ1v) is 9.64. The maximum Gasteiger partial charge on any atom is 0.261 e. The van der Waals surface area contributed by atoms with E-state index in [4.69, 9.17) is 4.55 Å². The summed E-state index contributed by atoms with van der Waals surface area (Å²) in [5.41, 5.74) is 0. The minimum Gasteiger partial charge on any atom is -0.286 e. The van der Waals surface area contributed by atoms with Gasteiger partial charge >= 0.3 is 0 Å². The second-order valence-corrected chi connectivity index (χ2v) is 8.01. The number of benzene rings is 2. The summed E-state index contributed by atoms with van der Waals surface area (Å²) in [5.74, 6) is 1.67. The highest BCUT2D eigenvalue weighted by Gasteiger charge is 1.85. The van der Waals surface area contributed by atoms with Crippen LogP contribution in [0.25, 0.3) is 10.8 Å². The monoisotopic (exact) mass is 340 g/mol. The van der Waals surface area contributed by atoms with Gasteiger partial charge < -0.3 is 0 Å². The molecule has 0 amide bonds. The van der Waals surface area contributed by atoms with Crippen molar-refractivity contribution < 1.29 is 13.0 Å². The molecule has 0 unspecified atom stereocenters. The van der Waals surface area contributed by atoms with E-state index < -0.39 is 10.1 Å². The van der Waals surface area contributed by atoms with E-state index in [1.807, 2.05) is 0 Å². The zero-order valence-corrected chi connectivity index (χ0v) is 16.3. The Kier molecular flexibility index (Phi) is 13.6. The largest absolute Gasteiger partial charge is 0.286 e. The third-order valence-corrected chi connectivity index (χ3v) is 1.66. The lowest BCUT2D eigenvalue weighted by molar-refractivity contribution is 0.490. The predicted octanol–water partition coefficient (Wildman–Crippen LogP) is 5.67. The molecule has 1 N–H and O–H groups in total. The Balaban J connectivity index is 0. The molecule has 0 atom stereocenters. The van der Waals surface area contributed by atoms with Gasteiger partial charge in [0.2, 0.25) is 0 Å². The molecule has 0 fully saturated rings. The Hall–Kier alpha value is -1.39. The van der Waals surface area contributed by atoms with Crippen LogP contribution in [0, 0.1) is 11.8 Å². The van der Waals surface area contributed by atoms with Crippen molar-refractivity contribution in [2.45, 2.75) is 41.5 Å². The first-order valence-electron chi connectivity index (χ1n) is 7.79. The van der Waals surface area contributed by atoms with E-state index in [0.29, 0.717) is 6.26 Å². The fraction of sp³-hybridized carbons (Fsp3) is 0.474. The van der Waals surface area contributed by atoms with Crippen LogP contribution in [0.1, 0.15) is 41.5 Å². The van der Waals surface area contributed by atoms with Crippen LogP contribution < -0.4 is 0 Å². The number of rotatable bonds is 0. The molecule has 0 radical (unpaired) electrons. The van der Waals surface area contributed by atoms with Crippen molar-refractivity contribution in [2.75, 3.05) is 6.26 Å². The van der Waals surface area contributed by atoms with Crippen molar-refractivity contribution in [3.63, 3.8) is 0 Å². The van der Waals surface area contributed by atoms with Gasteiger partial charge in [-0.15, -0.1) is 0 Å². The zero-order chi connectivity index (χ0) is 18.5. The van der Waals surface area contributed by atoms with E-state index in [1.54, 1.807) is 0 Å². The summed E-state index contributed by atoms with van der Waals surface area (Å²) in [6.07, 6.45) is 0.715. The minimum atomic E-state index is -3.67. The summed E-state index contributed by atoms with van der Waals surface area (Å²) < 4.78 is 25.9. The van der Waals surface area contributed by atoms with Crippen LogP contribution >= 0.6 is 0 Å². The van der Waals surface area contributed by atoms with Gasteiger partial charge in [0.15, 0.2) is 0 Å². The third-order valence-electron chi connectivity index (χ3n) is 1.66. The number of hydrogen-bond acceptors (Lipinski definition) is 2. The van der Waals surface area contributed by atoms with Crippen LogP contribution in [0.3, 0.4) is 0 Å². The lowest BCUT2D eigenvalue weighted by Gasteiger charge is -1.92. The quantitative estimate of drug-likeness (QED) is 0.629. The summed E-state index contributed by atoms with van der Waals surface area (Å²) >= 11 is 0. The normalized spacial score (nSPS) is 10.0. The molecular weight excluding hydrogens is 308 g/mol. The highest BCUT2D eigenvalue weighted by Crippen LogP contribution is 2.11. The highest BCUT2D eigenvalue weighted by molar-refractivity contribution is 7.85. The fourth-order valence-corrected chi connectivity index (χ4v) is 1.13. The highest BCUT2D eigenvalue weighted by atomic mass is 32.2. The fourth-order valence-electron chi connectivity index (χ4n) is 1.13. The van der Waals surface area contributed by atoms with Gasteiger partial charge in [-0.3, -0.25) is 4.55 Å². The molecule has 0 aromatic heterocycles. The van der Waals surface area contributed by atoms with Crippen molar-refractivity contribution in [3.05, 3.63) is 48.5 Å². The van der Waals surface area contributed by atoms with Gasteiger partial charge in [-0.25, -0.2) is 0 Å². The van der Waals surface area contributed by atoms with E-state index in [2.05, 4.69) is 90.1 Å². The average Bonchev–Trinajstić information content (AvgIpc) is 2.35. The lowest BCUT2D eigenvalue weighted by Crippen LogP contribution is -1.88. The Morgan fingerprint density at radius 3 is 0.957 bits per heavy atom. The molecule has 0 aliphatic carbocycles. The van der Waals surface area contributed by atoms with Crippen LogP contribution in [0.4, 0.5) is 0 Å². The molecule has 23 heavy (non-hydrogen) atoms. The van der Waals surface area contributed by atoms with Gasteiger partial charge in [0.05, 0.1) is 6.26 Å². The van der Waals surface area contributed by atoms with E-state index >= 15 is 0 Å². The van der Waals surface area contributed by atoms with Crippen LogP contribution in [0.5, 0.6) is 0 Å². The summed E-state index contributed by atoms with van der Waals surface area (Å²) in [4.78, 5) is 0. The second kappa shape index (κ2) is 13.1. The predicted molar refractivity (Wildman–Crippen MR) is 102 cm³/mol. The summed E-state index contributed by atoms with van der Waals surface area (Å²) in [5, 5.41) is 2.62. The molecule has 0 aliphatic heterocycles. The molecule has 132 valence electrons. The maximum atomic E-state index is 9.19. The summed E-state index contributed by atoms with van der Waals surface area (Å²) in [7, 11) is -3.67. The molecule has 2 rings (SSSR count). The number of hydrogen-bond donors (Lipinski definition) is 1. The van der Waals surface area contributed by atoms with Gasteiger partial charge in [0, 0.05) is 0 Å². The number of fused-ring (bicyclic) bond motifs is 1. The molecular formula is C19H32O3S. The Morgan fingerprint density at radius 1 is 0.696 bits per heavy atom. The summed E-state index contributed by atoms with van der Waals surface area (Å²) in [6.45, 7) is 13.0. The van der Waals surface area contributed by atoms with Gasteiger partial charge in [0.25, 0.3) is 10.1 Å². The van der Waals surface area contributed by atoms with Crippen molar-refractivity contribution >= 4 is 20.9 Å². The molecule has 3 nitrogen and oxygen atoms in total. The average molecular weight is 341 g/mol. The Bertz CT molecular complexity index is 532. The molecule has 0 aliphatic rings. The van der Waals surface area contributed by atoms with Crippen molar-refractivity contribution in [2.24, 2.45) is 11.8 Å². The first kappa shape index (κ1) is 23.9. The molecule has 4 heteroatoms.